The van der Waals surface area contributed by atoms with Crippen molar-refractivity contribution in [3.8, 4) is 0 Å². The van der Waals surface area contributed by atoms with Crippen LogP contribution in [-0.4, -0.2) is 73.1 Å². The first-order valence-corrected chi connectivity index (χ1v) is 10.9. The molecule has 3 rings (SSSR count). The van der Waals surface area contributed by atoms with E-state index < -0.39 is 0 Å². The van der Waals surface area contributed by atoms with Gasteiger partial charge in [0.2, 0.25) is 11.8 Å². The molecule has 2 aliphatic heterocycles. The van der Waals surface area contributed by atoms with Crippen LogP contribution in [0.3, 0.4) is 0 Å². The molecule has 29 heavy (non-hydrogen) atoms. The van der Waals surface area contributed by atoms with E-state index >= 15 is 0 Å². The fraction of sp³-hybridized carbons (Fsp3) is 0.652. The number of carbonyl (C=O) groups is 2. The van der Waals surface area contributed by atoms with E-state index in [1.807, 2.05) is 36.1 Å². The van der Waals surface area contributed by atoms with Crippen LogP contribution in [0.2, 0.25) is 0 Å². The van der Waals surface area contributed by atoms with Gasteiger partial charge in [0.1, 0.15) is 0 Å². The van der Waals surface area contributed by atoms with Crippen molar-refractivity contribution >= 4 is 11.8 Å². The molecule has 0 unspecified atom stereocenters. The summed E-state index contributed by atoms with van der Waals surface area (Å²) in [7, 11) is 0. The third kappa shape index (κ3) is 6.28. The van der Waals surface area contributed by atoms with Gasteiger partial charge in [0.25, 0.3) is 0 Å². The molecule has 2 aliphatic rings. The lowest BCUT2D eigenvalue weighted by atomic mass is 9.98. The molecule has 1 aromatic rings. The Morgan fingerprint density at radius 2 is 1.76 bits per heavy atom. The van der Waals surface area contributed by atoms with Gasteiger partial charge in [-0.15, -0.1) is 0 Å². The van der Waals surface area contributed by atoms with Crippen molar-refractivity contribution in [2.24, 2.45) is 0 Å². The second-order valence-corrected chi connectivity index (χ2v) is 8.27. The summed E-state index contributed by atoms with van der Waals surface area (Å²) in [6.07, 6.45) is 4.54. The number of nitrogens with one attached hydrogen (secondary N) is 1. The van der Waals surface area contributed by atoms with Gasteiger partial charge in [0, 0.05) is 58.4 Å². The average molecular weight is 402 g/mol. The predicted octanol–water partition coefficient (Wildman–Crippen LogP) is 2.15. The number of piperidine rings is 1. The van der Waals surface area contributed by atoms with Gasteiger partial charge < -0.3 is 15.0 Å². The number of ether oxygens (including phenoxy) is 1. The van der Waals surface area contributed by atoms with E-state index in [1.54, 1.807) is 6.92 Å². The van der Waals surface area contributed by atoms with E-state index in [2.05, 4.69) is 10.2 Å². The molecular weight excluding hydrogens is 366 g/mol. The summed E-state index contributed by atoms with van der Waals surface area (Å²) < 4.78 is 5.56. The van der Waals surface area contributed by atoms with Crippen LogP contribution in [0.4, 0.5) is 0 Å². The third-order valence-electron chi connectivity index (χ3n) is 6.34. The average Bonchev–Trinajstić information content (AvgIpc) is 2.74. The van der Waals surface area contributed by atoms with Crippen molar-refractivity contribution in [2.45, 2.75) is 58.0 Å². The van der Waals surface area contributed by atoms with Crippen LogP contribution < -0.4 is 5.32 Å². The van der Waals surface area contributed by atoms with Gasteiger partial charge in [-0.1, -0.05) is 24.3 Å². The highest BCUT2D eigenvalue weighted by atomic mass is 16.5. The molecule has 1 N–H and O–H groups in total. The van der Waals surface area contributed by atoms with Gasteiger partial charge in [0.15, 0.2) is 0 Å². The van der Waals surface area contributed by atoms with Crippen molar-refractivity contribution in [2.75, 3.05) is 39.4 Å². The van der Waals surface area contributed by atoms with Crippen LogP contribution in [0.5, 0.6) is 0 Å². The zero-order chi connectivity index (χ0) is 20.6. The molecule has 2 saturated heterocycles. The molecule has 0 bridgehead atoms. The Bertz CT molecular complexity index is 680. The Morgan fingerprint density at radius 3 is 2.41 bits per heavy atom. The Morgan fingerprint density at radius 1 is 1.10 bits per heavy atom. The molecule has 0 aliphatic carbocycles. The summed E-state index contributed by atoms with van der Waals surface area (Å²) in [5.41, 5.74) is 2.24. The van der Waals surface area contributed by atoms with Crippen molar-refractivity contribution in [1.29, 1.82) is 0 Å². The fourth-order valence-electron chi connectivity index (χ4n) is 4.56. The number of hydrogen-bond donors (Lipinski definition) is 1. The van der Waals surface area contributed by atoms with Gasteiger partial charge in [-0.2, -0.15) is 0 Å². The standard InChI is InChI=1S/C23H35N3O3/c1-18-5-3-4-6-20(18)17-23(28)24-11-14-26(22-9-15-29-16-10-22)21-7-12-25(13-8-21)19(2)27/h3-6,21-22H,7-17H2,1-2H3,(H,24,28). The summed E-state index contributed by atoms with van der Waals surface area (Å²) in [6.45, 7) is 8.51. The number of rotatable bonds is 7. The summed E-state index contributed by atoms with van der Waals surface area (Å²) in [5, 5.41) is 3.12. The Balaban J connectivity index is 1.52. The Hall–Kier alpha value is -1.92. The van der Waals surface area contributed by atoms with Crippen molar-refractivity contribution < 1.29 is 14.3 Å². The van der Waals surface area contributed by atoms with Crippen LogP contribution in [0.15, 0.2) is 24.3 Å². The largest absolute Gasteiger partial charge is 0.381 e. The van der Waals surface area contributed by atoms with Crippen molar-refractivity contribution in [1.82, 2.24) is 15.1 Å². The normalized spacial score (nSPS) is 18.8. The van der Waals surface area contributed by atoms with Gasteiger partial charge in [-0.05, 0) is 43.7 Å². The number of amides is 2. The first-order valence-electron chi connectivity index (χ1n) is 10.9. The molecule has 2 heterocycles. The lowest BCUT2D eigenvalue weighted by molar-refractivity contribution is -0.130. The zero-order valence-electron chi connectivity index (χ0n) is 17.9. The third-order valence-corrected chi connectivity index (χ3v) is 6.34. The minimum absolute atomic E-state index is 0.0811. The lowest BCUT2D eigenvalue weighted by Gasteiger charge is -2.43. The number of nitrogens with zero attached hydrogens (tertiary/aromatic N) is 2. The molecule has 0 radical (unpaired) electrons. The highest BCUT2D eigenvalue weighted by Crippen LogP contribution is 2.23. The van der Waals surface area contributed by atoms with E-state index in [0.717, 1.165) is 69.7 Å². The molecular formula is C23H35N3O3. The number of carbonyl (C=O) groups excluding carboxylic acids is 2. The minimum atomic E-state index is 0.0811. The predicted molar refractivity (Wildman–Crippen MR) is 114 cm³/mol. The van der Waals surface area contributed by atoms with Gasteiger partial charge in [0.05, 0.1) is 6.42 Å². The Labute approximate surface area is 174 Å². The van der Waals surface area contributed by atoms with Crippen LogP contribution in [-0.2, 0) is 20.7 Å². The smallest absolute Gasteiger partial charge is 0.224 e. The van der Waals surface area contributed by atoms with E-state index in [1.165, 1.54) is 0 Å². The molecule has 0 atom stereocenters. The SMILES string of the molecule is CC(=O)N1CCC(N(CCNC(=O)Cc2ccccc2C)C2CCOCC2)CC1. The first-order chi connectivity index (χ1) is 14.0. The maximum atomic E-state index is 12.4. The molecule has 6 heteroatoms. The van der Waals surface area contributed by atoms with Gasteiger partial charge >= 0.3 is 0 Å². The topological polar surface area (TPSA) is 61.9 Å². The summed E-state index contributed by atoms with van der Waals surface area (Å²) >= 11 is 0. The van der Waals surface area contributed by atoms with E-state index in [0.29, 0.717) is 25.0 Å². The van der Waals surface area contributed by atoms with Crippen LogP contribution in [0.1, 0.15) is 43.7 Å². The zero-order valence-corrected chi connectivity index (χ0v) is 17.9. The number of benzene rings is 1. The molecule has 1 aromatic carbocycles. The van der Waals surface area contributed by atoms with Gasteiger partial charge in [-0.3, -0.25) is 14.5 Å². The second kappa shape index (κ2) is 10.7. The molecule has 2 amide bonds. The molecule has 0 spiro atoms. The summed E-state index contributed by atoms with van der Waals surface area (Å²) in [4.78, 5) is 28.6. The van der Waals surface area contributed by atoms with Crippen molar-refractivity contribution in [3.63, 3.8) is 0 Å². The second-order valence-electron chi connectivity index (χ2n) is 8.27. The maximum Gasteiger partial charge on any atom is 0.224 e. The molecule has 6 nitrogen and oxygen atoms in total. The molecule has 160 valence electrons. The van der Waals surface area contributed by atoms with E-state index in [-0.39, 0.29) is 11.8 Å². The molecule has 0 saturated carbocycles. The summed E-state index contributed by atoms with van der Waals surface area (Å²) in [6, 6.07) is 9.03. The number of hydrogen-bond acceptors (Lipinski definition) is 4. The number of aryl methyl sites for hydroxylation is 1. The monoisotopic (exact) mass is 401 g/mol. The Kier molecular flexibility index (Phi) is 8.07. The van der Waals surface area contributed by atoms with Gasteiger partial charge in [-0.25, -0.2) is 0 Å². The van der Waals surface area contributed by atoms with E-state index in [4.69, 9.17) is 4.74 Å². The maximum absolute atomic E-state index is 12.4. The molecule has 2 fully saturated rings. The van der Waals surface area contributed by atoms with Crippen molar-refractivity contribution in [3.05, 3.63) is 35.4 Å². The first kappa shape index (κ1) is 21.8. The highest BCUT2D eigenvalue weighted by molar-refractivity contribution is 5.78. The quantitative estimate of drug-likeness (QED) is 0.761. The van der Waals surface area contributed by atoms with Crippen LogP contribution in [0, 0.1) is 6.92 Å². The minimum Gasteiger partial charge on any atom is -0.381 e. The highest BCUT2D eigenvalue weighted by Gasteiger charge is 2.31. The summed E-state index contributed by atoms with van der Waals surface area (Å²) in [5.74, 6) is 0.252. The number of likely N-dealkylation sites (tertiary alicyclic amines) is 1. The lowest BCUT2D eigenvalue weighted by Crippen LogP contribution is -2.53. The van der Waals surface area contributed by atoms with Crippen LogP contribution >= 0.6 is 0 Å². The van der Waals surface area contributed by atoms with Crippen LogP contribution in [0.25, 0.3) is 0 Å². The fourth-order valence-corrected chi connectivity index (χ4v) is 4.56. The molecule has 0 aromatic heterocycles. The van der Waals surface area contributed by atoms with E-state index in [9.17, 15) is 9.59 Å².